The molecule has 10 heteroatoms. The van der Waals surface area contributed by atoms with E-state index in [0.29, 0.717) is 22.7 Å². The third kappa shape index (κ3) is 5.97. The Kier molecular flexibility index (Phi) is 8.32. The largest absolute Gasteiger partial charge is 0.497 e. The summed E-state index contributed by atoms with van der Waals surface area (Å²) in [4.78, 5) is 41.6. The van der Waals surface area contributed by atoms with Crippen LogP contribution in [-0.2, 0) is 20.9 Å². The summed E-state index contributed by atoms with van der Waals surface area (Å²) in [6.45, 7) is 2.16. The van der Waals surface area contributed by atoms with Gasteiger partial charge in [-0.05, 0) is 85.4 Å². The van der Waals surface area contributed by atoms with Crippen LogP contribution in [0.15, 0.2) is 72.8 Å². The third-order valence-electron chi connectivity index (χ3n) is 5.97. The van der Waals surface area contributed by atoms with Gasteiger partial charge in [-0.1, -0.05) is 12.1 Å². The molecule has 0 bridgehead atoms. The first-order valence-corrected chi connectivity index (χ1v) is 12.3. The molecule has 1 aliphatic rings. The zero-order valence-corrected chi connectivity index (χ0v) is 21.7. The Morgan fingerprint density at radius 2 is 1.66 bits per heavy atom. The van der Waals surface area contributed by atoms with Crippen LogP contribution in [0.2, 0.25) is 0 Å². The van der Waals surface area contributed by atoms with Crippen molar-refractivity contribution in [3.63, 3.8) is 0 Å². The lowest BCUT2D eigenvalue weighted by atomic mass is 10.1. The molecule has 1 saturated heterocycles. The Morgan fingerprint density at radius 3 is 2.26 bits per heavy atom. The number of hydrogen-bond acceptors (Lipinski definition) is 6. The van der Waals surface area contributed by atoms with Crippen LogP contribution in [0, 0.1) is 5.82 Å². The fraction of sp³-hybridized carbons (Fsp3) is 0.214. The summed E-state index contributed by atoms with van der Waals surface area (Å²) in [5, 5.41) is 3.00. The summed E-state index contributed by atoms with van der Waals surface area (Å²) >= 11 is 5.68. The van der Waals surface area contributed by atoms with Crippen LogP contribution >= 0.6 is 12.2 Å². The Hall–Kier alpha value is -4.31. The number of nitrogens with one attached hydrogen (secondary N) is 1. The van der Waals surface area contributed by atoms with E-state index in [1.807, 2.05) is 0 Å². The molecule has 3 aromatic carbocycles. The third-order valence-corrected chi connectivity index (χ3v) is 6.39. The first-order valence-electron chi connectivity index (χ1n) is 11.9. The van der Waals surface area contributed by atoms with Crippen molar-refractivity contribution in [2.75, 3.05) is 23.9 Å². The van der Waals surface area contributed by atoms with Gasteiger partial charge in [-0.3, -0.25) is 14.5 Å². The molecule has 1 aliphatic heterocycles. The van der Waals surface area contributed by atoms with Crippen molar-refractivity contribution in [1.29, 1.82) is 0 Å². The van der Waals surface area contributed by atoms with Gasteiger partial charge in [0.05, 0.1) is 31.4 Å². The minimum atomic E-state index is -0.893. The molecule has 8 nitrogen and oxygen atoms in total. The zero-order chi connectivity index (χ0) is 27.2. The van der Waals surface area contributed by atoms with E-state index in [1.165, 1.54) is 17.0 Å². The lowest BCUT2D eigenvalue weighted by Gasteiger charge is -2.24. The molecule has 4 rings (SSSR count). The Labute approximate surface area is 224 Å². The predicted molar refractivity (Wildman–Crippen MR) is 144 cm³/mol. The Morgan fingerprint density at radius 1 is 1.00 bits per heavy atom. The second kappa shape index (κ2) is 11.8. The van der Waals surface area contributed by atoms with Gasteiger partial charge in [-0.15, -0.1) is 0 Å². The van der Waals surface area contributed by atoms with Crippen LogP contribution in [0.4, 0.5) is 15.8 Å². The molecule has 0 aromatic heterocycles. The lowest BCUT2D eigenvalue weighted by Crippen LogP contribution is -2.37. The quantitative estimate of drug-likeness (QED) is 0.318. The minimum absolute atomic E-state index is 0.163. The minimum Gasteiger partial charge on any atom is -0.497 e. The first kappa shape index (κ1) is 26.7. The van der Waals surface area contributed by atoms with Crippen molar-refractivity contribution in [3.05, 3.63) is 89.7 Å². The van der Waals surface area contributed by atoms with E-state index in [1.54, 1.807) is 79.6 Å². The summed E-state index contributed by atoms with van der Waals surface area (Å²) in [7, 11) is 1.55. The topological polar surface area (TPSA) is 88.2 Å². The Balaban J connectivity index is 1.58. The molecular weight excluding hydrogens is 509 g/mol. The van der Waals surface area contributed by atoms with E-state index in [0.717, 1.165) is 5.56 Å². The number of methoxy groups -OCH3 is 1. The Bertz CT molecular complexity index is 1330. The van der Waals surface area contributed by atoms with Gasteiger partial charge in [-0.2, -0.15) is 0 Å². The molecule has 0 saturated carbocycles. The van der Waals surface area contributed by atoms with Crippen LogP contribution in [0.1, 0.15) is 29.3 Å². The normalized spacial score (nSPS) is 15.0. The van der Waals surface area contributed by atoms with E-state index < -0.39 is 12.0 Å². The van der Waals surface area contributed by atoms with Gasteiger partial charge in [0.1, 0.15) is 17.6 Å². The van der Waals surface area contributed by atoms with Gasteiger partial charge in [0, 0.05) is 12.2 Å². The molecule has 2 amide bonds. The number of benzene rings is 3. The fourth-order valence-corrected chi connectivity index (χ4v) is 4.45. The monoisotopic (exact) mass is 535 g/mol. The number of nitrogens with zero attached hydrogens (tertiary/aromatic N) is 2. The van der Waals surface area contributed by atoms with Crippen molar-refractivity contribution < 1.29 is 28.2 Å². The molecule has 1 N–H and O–H groups in total. The van der Waals surface area contributed by atoms with Gasteiger partial charge < -0.3 is 19.7 Å². The molecule has 196 valence electrons. The highest BCUT2D eigenvalue weighted by molar-refractivity contribution is 7.80. The highest BCUT2D eigenvalue weighted by Crippen LogP contribution is 2.29. The van der Waals surface area contributed by atoms with Gasteiger partial charge >= 0.3 is 5.97 Å². The number of rotatable bonds is 9. The molecular formula is C28H26FN3O5S. The predicted octanol–water partition coefficient (Wildman–Crippen LogP) is 4.54. The highest BCUT2D eigenvalue weighted by Gasteiger charge is 2.44. The average molecular weight is 536 g/mol. The number of esters is 1. The van der Waals surface area contributed by atoms with Crippen molar-refractivity contribution in [1.82, 2.24) is 4.90 Å². The van der Waals surface area contributed by atoms with Gasteiger partial charge in [-0.25, -0.2) is 9.18 Å². The summed E-state index contributed by atoms with van der Waals surface area (Å²) in [5.74, 6) is -0.965. The number of amides is 2. The van der Waals surface area contributed by atoms with Crippen LogP contribution in [-0.4, -0.2) is 47.6 Å². The number of thiocarbonyl (C=S) groups is 1. The molecule has 0 radical (unpaired) electrons. The molecule has 1 fully saturated rings. The van der Waals surface area contributed by atoms with Crippen LogP contribution < -0.4 is 15.0 Å². The first-order chi connectivity index (χ1) is 18.3. The average Bonchev–Trinajstić information content (AvgIpc) is 3.14. The number of carbonyl (C=O) groups excluding carboxylic acids is 3. The summed E-state index contributed by atoms with van der Waals surface area (Å²) in [6, 6.07) is 18.1. The van der Waals surface area contributed by atoms with Crippen LogP contribution in [0.3, 0.4) is 0 Å². The standard InChI is InChI=1S/C28H26FN3O5S/c1-3-37-27(35)19-6-12-22(13-7-19)32-26(34)24(16-25(33)30-21-10-14-23(36-2)15-11-21)31(28(32)38)17-18-4-8-20(29)9-5-18/h4-15,24H,3,16-17H2,1-2H3,(H,30,33)/t24-/m1/s1. The highest BCUT2D eigenvalue weighted by atomic mass is 32.1. The number of hydrogen-bond donors (Lipinski definition) is 1. The van der Waals surface area contributed by atoms with E-state index >= 15 is 0 Å². The maximum absolute atomic E-state index is 13.6. The zero-order valence-electron chi connectivity index (χ0n) is 20.8. The molecule has 0 unspecified atom stereocenters. The number of halogens is 1. The molecule has 38 heavy (non-hydrogen) atoms. The summed E-state index contributed by atoms with van der Waals surface area (Å²) in [6.07, 6.45) is -0.163. The van der Waals surface area contributed by atoms with Gasteiger partial charge in [0.15, 0.2) is 5.11 Å². The van der Waals surface area contributed by atoms with E-state index in [9.17, 15) is 18.8 Å². The lowest BCUT2D eigenvalue weighted by molar-refractivity contribution is -0.124. The van der Waals surface area contributed by atoms with Gasteiger partial charge in [0.2, 0.25) is 5.91 Å². The maximum atomic E-state index is 13.6. The molecule has 1 heterocycles. The summed E-state index contributed by atoms with van der Waals surface area (Å²) in [5.41, 5.74) is 2.07. The smallest absolute Gasteiger partial charge is 0.338 e. The van der Waals surface area contributed by atoms with E-state index in [4.69, 9.17) is 21.7 Å². The SMILES string of the molecule is CCOC(=O)c1ccc(N2C(=O)[C@@H](CC(=O)Nc3ccc(OC)cc3)N(Cc3ccc(F)cc3)C2=S)cc1. The number of anilines is 2. The maximum Gasteiger partial charge on any atom is 0.338 e. The molecule has 3 aromatic rings. The molecule has 1 atom stereocenters. The second-order valence-electron chi connectivity index (χ2n) is 8.47. The van der Waals surface area contributed by atoms with E-state index in [2.05, 4.69) is 5.32 Å². The molecule has 0 aliphatic carbocycles. The van der Waals surface area contributed by atoms with Crippen molar-refractivity contribution >= 4 is 46.5 Å². The van der Waals surface area contributed by atoms with Gasteiger partial charge in [0.25, 0.3) is 5.91 Å². The number of ether oxygens (including phenoxy) is 2. The molecule has 0 spiro atoms. The number of carbonyl (C=O) groups is 3. The van der Waals surface area contributed by atoms with Crippen molar-refractivity contribution in [3.8, 4) is 5.75 Å². The summed E-state index contributed by atoms with van der Waals surface area (Å²) < 4.78 is 23.6. The van der Waals surface area contributed by atoms with E-state index in [-0.39, 0.29) is 42.3 Å². The fourth-order valence-electron chi connectivity index (χ4n) is 4.06. The van der Waals surface area contributed by atoms with Crippen LogP contribution in [0.25, 0.3) is 0 Å². The second-order valence-corrected chi connectivity index (χ2v) is 8.84. The van der Waals surface area contributed by atoms with Crippen molar-refractivity contribution in [2.24, 2.45) is 0 Å². The van der Waals surface area contributed by atoms with Crippen molar-refractivity contribution in [2.45, 2.75) is 25.9 Å². The van der Waals surface area contributed by atoms with Crippen LogP contribution in [0.5, 0.6) is 5.75 Å².